The summed E-state index contributed by atoms with van der Waals surface area (Å²) in [6.07, 6.45) is 3.07. The van der Waals surface area contributed by atoms with Gasteiger partial charge in [-0.25, -0.2) is 19.3 Å². The molecule has 0 saturated carbocycles. The first kappa shape index (κ1) is 23.5. The van der Waals surface area contributed by atoms with Gasteiger partial charge in [0.2, 0.25) is 5.88 Å². The molecule has 0 radical (unpaired) electrons. The summed E-state index contributed by atoms with van der Waals surface area (Å²) in [5.74, 6) is 0.219. The van der Waals surface area contributed by atoms with E-state index in [0.29, 0.717) is 11.2 Å². The van der Waals surface area contributed by atoms with E-state index >= 15 is 4.39 Å². The Labute approximate surface area is 208 Å². The number of nitrogens with one attached hydrogen (secondary N) is 1. The van der Waals surface area contributed by atoms with Gasteiger partial charge in [-0.3, -0.25) is 0 Å². The van der Waals surface area contributed by atoms with Crippen molar-refractivity contribution in [1.82, 2.24) is 24.4 Å². The van der Waals surface area contributed by atoms with Crippen LogP contribution in [0, 0.1) is 24.1 Å². The Morgan fingerprint density at radius 1 is 1.11 bits per heavy atom. The smallest absolute Gasteiger partial charge is 0.242 e. The van der Waals surface area contributed by atoms with Gasteiger partial charge in [0.05, 0.1) is 17.4 Å². The van der Waals surface area contributed by atoms with Gasteiger partial charge in [-0.2, -0.15) is 5.26 Å². The normalized spacial score (nSPS) is 14.1. The third-order valence-electron chi connectivity index (χ3n) is 6.50. The molecule has 5 rings (SSSR count). The monoisotopic (exact) mass is 486 g/mol. The molecule has 0 spiro atoms. The third-order valence-corrected chi connectivity index (χ3v) is 6.50. The van der Waals surface area contributed by atoms with E-state index < -0.39 is 5.82 Å². The molecule has 3 aromatic heterocycles. The van der Waals surface area contributed by atoms with E-state index in [9.17, 15) is 5.26 Å². The highest BCUT2D eigenvalue weighted by Crippen LogP contribution is 2.34. The highest BCUT2D eigenvalue weighted by Gasteiger charge is 2.19. The molecule has 1 N–H and O–H groups in total. The number of fused-ring (bicyclic) bond motifs is 1. The summed E-state index contributed by atoms with van der Waals surface area (Å²) in [6, 6.07) is 11.0. The lowest BCUT2D eigenvalue weighted by Crippen LogP contribution is -2.44. The van der Waals surface area contributed by atoms with Crippen molar-refractivity contribution in [2.24, 2.45) is 0 Å². The number of aryl methyl sites for hydroxylation is 2. The fourth-order valence-electron chi connectivity index (χ4n) is 4.49. The second-order valence-corrected chi connectivity index (χ2v) is 8.77. The Hall–Kier alpha value is -4.23. The van der Waals surface area contributed by atoms with Crippen LogP contribution in [-0.2, 0) is 6.54 Å². The Kier molecular flexibility index (Phi) is 6.40. The van der Waals surface area contributed by atoms with Gasteiger partial charge in [-0.1, -0.05) is 0 Å². The average molecular weight is 487 g/mol. The first-order valence-corrected chi connectivity index (χ1v) is 11.9. The van der Waals surface area contributed by atoms with E-state index in [1.54, 1.807) is 18.3 Å². The molecule has 0 aliphatic carbocycles. The van der Waals surface area contributed by atoms with Gasteiger partial charge < -0.3 is 24.4 Å². The highest BCUT2D eigenvalue weighted by molar-refractivity contribution is 5.84. The number of hydrogen-bond acceptors (Lipinski definition) is 8. The zero-order chi connectivity index (χ0) is 25.2. The van der Waals surface area contributed by atoms with Crippen LogP contribution in [0.3, 0.4) is 0 Å². The summed E-state index contributed by atoms with van der Waals surface area (Å²) in [7, 11) is 2.12. The van der Waals surface area contributed by atoms with Gasteiger partial charge in [0.15, 0.2) is 22.9 Å². The Bertz CT molecular complexity index is 1440. The molecule has 184 valence electrons. The molecule has 1 aromatic carbocycles. The largest absolute Gasteiger partial charge is 0.434 e. The molecule has 1 fully saturated rings. The standard InChI is InChI=1S/C26H27FN8O/c1-4-35-17(2)13-19-21(35)6-7-22(24(19)27)36-26-20(14-28)25(30-16-31-26)32-23-8-5-18(15-29-23)34-11-9-33(3)10-12-34/h5-8,13,15-16H,4,9-12H2,1-3H3,(H,29,30,31,32). The number of nitrogens with zero attached hydrogens (tertiary/aromatic N) is 7. The van der Waals surface area contributed by atoms with Crippen LogP contribution >= 0.6 is 0 Å². The van der Waals surface area contributed by atoms with Gasteiger partial charge in [0, 0.05) is 43.8 Å². The van der Waals surface area contributed by atoms with Crippen molar-refractivity contribution in [2.75, 3.05) is 43.4 Å². The molecular weight excluding hydrogens is 459 g/mol. The maximum Gasteiger partial charge on any atom is 0.242 e. The average Bonchev–Trinajstić information content (AvgIpc) is 3.22. The summed E-state index contributed by atoms with van der Waals surface area (Å²) in [5, 5.41) is 13.3. The molecule has 0 unspecified atom stereocenters. The number of likely N-dealkylation sites (N-methyl/N-ethyl adjacent to an activating group) is 1. The molecule has 4 aromatic rings. The molecular formula is C26H27FN8O. The first-order chi connectivity index (χ1) is 17.5. The first-order valence-electron chi connectivity index (χ1n) is 11.9. The van der Waals surface area contributed by atoms with Gasteiger partial charge in [-0.05, 0) is 51.2 Å². The third kappa shape index (κ3) is 4.41. The number of piperazine rings is 1. The van der Waals surface area contributed by atoms with Gasteiger partial charge >= 0.3 is 0 Å². The van der Waals surface area contributed by atoms with E-state index in [1.165, 1.54) is 6.33 Å². The van der Waals surface area contributed by atoms with Crippen LogP contribution in [-0.4, -0.2) is 57.6 Å². The summed E-state index contributed by atoms with van der Waals surface area (Å²) >= 11 is 0. The number of halogens is 1. The molecule has 10 heteroatoms. The van der Waals surface area contributed by atoms with Gasteiger partial charge in [0.25, 0.3) is 0 Å². The topological polar surface area (TPSA) is 95.1 Å². The van der Waals surface area contributed by atoms with Crippen molar-refractivity contribution in [2.45, 2.75) is 20.4 Å². The molecule has 36 heavy (non-hydrogen) atoms. The number of pyridine rings is 1. The van der Waals surface area contributed by atoms with Crippen molar-refractivity contribution in [3.8, 4) is 17.7 Å². The summed E-state index contributed by atoms with van der Waals surface area (Å²) in [6.45, 7) is 8.59. The molecule has 9 nitrogen and oxygen atoms in total. The molecule has 0 amide bonds. The molecule has 1 aliphatic rings. The van der Waals surface area contributed by atoms with E-state index in [4.69, 9.17) is 4.74 Å². The van der Waals surface area contributed by atoms with Crippen LogP contribution in [0.25, 0.3) is 10.9 Å². The Morgan fingerprint density at radius 3 is 2.61 bits per heavy atom. The fraction of sp³-hybridized carbons (Fsp3) is 0.308. The molecule has 1 aliphatic heterocycles. The number of benzene rings is 1. The van der Waals surface area contributed by atoms with Crippen LogP contribution in [0.1, 0.15) is 18.2 Å². The van der Waals surface area contributed by atoms with E-state index in [2.05, 4.69) is 43.2 Å². The SMILES string of the molecule is CCn1c(C)cc2c(F)c(Oc3ncnc(Nc4ccc(N5CCN(C)CC5)cn4)c3C#N)ccc21. The number of rotatable bonds is 6. The van der Waals surface area contributed by atoms with Crippen molar-refractivity contribution >= 4 is 28.2 Å². The number of nitriles is 1. The fourth-order valence-corrected chi connectivity index (χ4v) is 4.49. The van der Waals surface area contributed by atoms with Crippen LogP contribution in [0.4, 0.5) is 21.7 Å². The van der Waals surface area contributed by atoms with Gasteiger partial charge in [0.1, 0.15) is 18.2 Å². The number of anilines is 3. The number of aromatic nitrogens is 4. The van der Waals surface area contributed by atoms with Crippen LogP contribution in [0.15, 0.2) is 42.9 Å². The van der Waals surface area contributed by atoms with Crippen LogP contribution < -0.4 is 15.0 Å². The zero-order valence-corrected chi connectivity index (χ0v) is 20.5. The van der Waals surface area contributed by atoms with Gasteiger partial charge in [-0.15, -0.1) is 0 Å². The lowest BCUT2D eigenvalue weighted by molar-refractivity contribution is 0.313. The highest BCUT2D eigenvalue weighted by atomic mass is 19.1. The quantitative estimate of drug-likeness (QED) is 0.427. The molecule has 1 saturated heterocycles. The molecule has 0 atom stereocenters. The van der Waals surface area contributed by atoms with Crippen molar-refractivity contribution in [1.29, 1.82) is 5.26 Å². The van der Waals surface area contributed by atoms with Crippen molar-refractivity contribution in [3.05, 3.63) is 59.9 Å². The van der Waals surface area contributed by atoms with E-state index in [-0.39, 0.29) is 23.0 Å². The predicted molar refractivity (Wildman–Crippen MR) is 136 cm³/mol. The second kappa shape index (κ2) is 9.79. The maximum absolute atomic E-state index is 15.3. The second-order valence-electron chi connectivity index (χ2n) is 8.77. The zero-order valence-electron chi connectivity index (χ0n) is 20.5. The minimum Gasteiger partial charge on any atom is -0.434 e. The summed E-state index contributed by atoms with van der Waals surface area (Å²) in [5.41, 5.74) is 2.85. The van der Waals surface area contributed by atoms with Crippen molar-refractivity contribution in [3.63, 3.8) is 0 Å². The molecule has 4 heterocycles. The number of hydrogen-bond donors (Lipinski definition) is 1. The van der Waals surface area contributed by atoms with E-state index in [1.807, 2.05) is 36.6 Å². The lowest BCUT2D eigenvalue weighted by atomic mass is 10.2. The van der Waals surface area contributed by atoms with E-state index in [0.717, 1.165) is 49.6 Å². The minimum absolute atomic E-state index is 0.00782. The number of ether oxygens (including phenoxy) is 1. The lowest BCUT2D eigenvalue weighted by Gasteiger charge is -2.33. The van der Waals surface area contributed by atoms with Crippen LogP contribution in [0.2, 0.25) is 0 Å². The van der Waals surface area contributed by atoms with Crippen molar-refractivity contribution < 1.29 is 9.13 Å². The Morgan fingerprint density at radius 2 is 1.92 bits per heavy atom. The Balaban J connectivity index is 1.38. The minimum atomic E-state index is -0.499. The summed E-state index contributed by atoms with van der Waals surface area (Å²) in [4.78, 5) is 17.3. The molecule has 0 bridgehead atoms. The summed E-state index contributed by atoms with van der Waals surface area (Å²) < 4.78 is 23.1. The predicted octanol–water partition coefficient (Wildman–Crippen LogP) is 4.45. The van der Waals surface area contributed by atoms with Crippen LogP contribution in [0.5, 0.6) is 11.6 Å². The maximum atomic E-state index is 15.3.